The summed E-state index contributed by atoms with van der Waals surface area (Å²) in [5, 5.41) is 2.32. The minimum atomic E-state index is -3.14. The number of hydrogen-bond acceptors (Lipinski definition) is 7. The molecule has 1 atom stereocenters. The van der Waals surface area contributed by atoms with Gasteiger partial charge in [-0.25, -0.2) is 8.42 Å². The lowest BCUT2D eigenvalue weighted by Gasteiger charge is -2.33. The zero-order valence-electron chi connectivity index (χ0n) is 20.7. The molecule has 1 unspecified atom stereocenters. The first-order valence-electron chi connectivity index (χ1n) is 12.3. The first-order valence-corrected chi connectivity index (χ1v) is 14.2. The quantitative estimate of drug-likeness (QED) is 0.537. The van der Waals surface area contributed by atoms with Gasteiger partial charge in [0, 0.05) is 50.3 Å². The molecule has 0 aromatic heterocycles. The van der Waals surface area contributed by atoms with E-state index in [0.717, 1.165) is 23.2 Å². The number of ether oxygens (including phenoxy) is 1. The Bertz CT molecular complexity index is 1320. The van der Waals surface area contributed by atoms with E-state index in [-0.39, 0.29) is 24.8 Å². The van der Waals surface area contributed by atoms with Crippen LogP contribution in [0.3, 0.4) is 0 Å². The molecule has 0 radical (unpaired) electrons. The topological polar surface area (TPSA) is 116 Å². The maximum Gasteiger partial charge on any atom is 0.255 e. The second-order valence-electron chi connectivity index (χ2n) is 9.73. The van der Waals surface area contributed by atoms with Crippen molar-refractivity contribution in [1.82, 2.24) is 19.4 Å². The zero-order chi connectivity index (χ0) is 26.2. The molecular formula is C26H30N4O6S. The van der Waals surface area contributed by atoms with Gasteiger partial charge in [-0.2, -0.15) is 4.31 Å². The molecule has 11 heteroatoms. The van der Waals surface area contributed by atoms with E-state index in [9.17, 15) is 22.8 Å². The van der Waals surface area contributed by atoms with Crippen molar-refractivity contribution >= 4 is 27.7 Å². The van der Waals surface area contributed by atoms with Crippen molar-refractivity contribution in [3.05, 3.63) is 64.7 Å². The van der Waals surface area contributed by atoms with Crippen LogP contribution in [-0.4, -0.2) is 78.7 Å². The Hall–Kier alpha value is -3.28. The second kappa shape index (κ2) is 10.2. The van der Waals surface area contributed by atoms with Crippen LogP contribution in [-0.2, 0) is 39.3 Å². The Morgan fingerprint density at radius 1 is 0.973 bits per heavy atom. The highest BCUT2D eigenvalue weighted by molar-refractivity contribution is 7.88. The molecule has 0 bridgehead atoms. The van der Waals surface area contributed by atoms with Crippen LogP contribution in [0.5, 0.6) is 5.75 Å². The number of piperazine rings is 1. The summed E-state index contributed by atoms with van der Waals surface area (Å²) < 4.78 is 31.0. The summed E-state index contributed by atoms with van der Waals surface area (Å²) in [6.07, 6.45) is 1.78. The largest absolute Gasteiger partial charge is 0.489 e. The van der Waals surface area contributed by atoms with Crippen molar-refractivity contribution in [2.24, 2.45) is 0 Å². The van der Waals surface area contributed by atoms with E-state index in [2.05, 4.69) is 10.2 Å². The lowest BCUT2D eigenvalue weighted by Crippen LogP contribution is -2.52. The van der Waals surface area contributed by atoms with Gasteiger partial charge in [0.15, 0.2) is 0 Å². The summed E-state index contributed by atoms with van der Waals surface area (Å²) in [5.74, 6) is -0.364. The van der Waals surface area contributed by atoms with Gasteiger partial charge in [0.2, 0.25) is 21.8 Å². The van der Waals surface area contributed by atoms with Crippen LogP contribution in [0, 0.1) is 0 Å². The van der Waals surface area contributed by atoms with Crippen molar-refractivity contribution in [3.63, 3.8) is 0 Å². The van der Waals surface area contributed by atoms with Crippen LogP contribution in [0.15, 0.2) is 42.5 Å². The lowest BCUT2D eigenvalue weighted by atomic mass is 10.0. The van der Waals surface area contributed by atoms with Gasteiger partial charge in [0.25, 0.3) is 5.91 Å². The molecule has 37 heavy (non-hydrogen) atoms. The minimum absolute atomic E-state index is 0.215. The molecule has 5 rings (SSSR count). The van der Waals surface area contributed by atoms with E-state index < -0.39 is 22.0 Å². The minimum Gasteiger partial charge on any atom is -0.489 e. The molecule has 2 aromatic rings. The van der Waals surface area contributed by atoms with E-state index >= 15 is 0 Å². The summed E-state index contributed by atoms with van der Waals surface area (Å²) in [7, 11) is -3.14. The smallest absolute Gasteiger partial charge is 0.255 e. The number of benzene rings is 2. The summed E-state index contributed by atoms with van der Waals surface area (Å²) in [5.41, 5.74) is 3.40. The average Bonchev–Trinajstić information content (AvgIpc) is 3.20. The predicted molar refractivity (Wildman–Crippen MR) is 135 cm³/mol. The fraction of sp³-hybridized carbons (Fsp3) is 0.423. The highest BCUT2D eigenvalue weighted by Gasteiger charge is 2.40. The summed E-state index contributed by atoms with van der Waals surface area (Å²) >= 11 is 0. The average molecular weight is 527 g/mol. The number of amides is 3. The van der Waals surface area contributed by atoms with Crippen LogP contribution >= 0.6 is 0 Å². The van der Waals surface area contributed by atoms with E-state index in [4.69, 9.17) is 4.74 Å². The molecule has 196 valence electrons. The SMILES string of the molecule is CS(=O)(=O)N1CCN(Cc2ccc(COc3cccc4c3CN(C3CCC(=O)NC3=O)C4=O)cc2)CC1. The van der Waals surface area contributed by atoms with Gasteiger partial charge in [-0.05, 0) is 29.7 Å². The highest BCUT2D eigenvalue weighted by atomic mass is 32.2. The molecule has 2 aromatic carbocycles. The number of carbonyl (C=O) groups is 3. The van der Waals surface area contributed by atoms with Crippen molar-refractivity contribution in [1.29, 1.82) is 0 Å². The number of nitrogens with zero attached hydrogens (tertiary/aromatic N) is 3. The number of imide groups is 1. The van der Waals surface area contributed by atoms with Crippen molar-refractivity contribution in [2.45, 2.75) is 38.6 Å². The van der Waals surface area contributed by atoms with Crippen LogP contribution in [0.25, 0.3) is 0 Å². The van der Waals surface area contributed by atoms with Crippen molar-refractivity contribution < 1.29 is 27.5 Å². The van der Waals surface area contributed by atoms with E-state index in [1.807, 2.05) is 30.3 Å². The van der Waals surface area contributed by atoms with E-state index in [0.29, 0.717) is 50.5 Å². The van der Waals surface area contributed by atoms with Crippen molar-refractivity contribution in [2.75, 3.05) is 32.4 Å². The monoisotopic (exact) mass is 526 g/mol. The number of rotatable bonds is 7. The van der Waals surface area contributed by atoms with Crippen LogP contribution in [0.2, 0.25) is 0 Å². The van der Waals surface area contributed by atoms with Gasteiger partial charge < -0.3 is 9.64 Å². The van der Waals surface area contributed by atoms with Gasteiger partial charge in [0.05, 0.1) is 12.8 Å². The third kappa shape index (κ3) is 5.53. The zero-order valence-corrected chi connectivity index (χ0v) is 21.5. The first kappa shape index (κ1) is 25.4. The van der Waals surface area contributed by atoms with E-state index in [1.165, 1.54) is 15.5 Å². The van der Waals surface area contributed by atoms with Crippen molar-refractivity contribution in [3.8, 4) is 5.75 Å². The Morgan fingerprint density at radius 2 is 1.68 bits per heavy atom. The number of hydrogen-bond donors (Lipinski definition) is 1. The molecule has 0 aliphatic carbocycles. The molecule has 0 saturated carbocycles. The normalized spacial score (nSPS) is 21.2. The Morgan fingerprint density at radius 3 is 2.35 bits per heavy atom. The summed E-state index contributed by atoms with van der Waals surface area (Å²) in [4.78, 5) is 40.5. The van der Waals surface area contributed by atoms with Crippen LogP contribution in [0.1, 0.15) is 39.9 Å². The summed E-state index contributed by atoms with van der Waals surface area (Å²) in [6.45, 7) is 3.77. The molecule has 1 N–H and O–H groups in total. The van der Waals surface area contributed by atoms with Gasteiger partial charge in [-0.3, -0.25) is 24.6 Å². The molecule has 10 nitrogen and oxygen atoms in total. The third-order valence-electron chi connectivity index (χ3n) is 7.16. The molecule has 3 aliphatic heterocycles. The van der Waals surface area contributed by atoms with E-state index in [1.54, 1.807) is 12.1 Å². The van der Waals surface area contributed by atoms with Gasteiger partial charge in [-0.1, -0.05) is 30.3 Å². The summed E-state index contributed by atoms with van der Waals surface area (Å²) in [6, 6.07) is 12.8. The fourth-order valence-corrected chi connectivity index (χ4v) is 5.90. The Balaban J connectivity index is 1.18. The maximum atomic E-state index is 13.0. The molecule has 3 amide bonds. The Kier molecular flexibility index (Phi) is 7.02. The molecule has 3 aliphatic rings. The fourth-order valence-electron chi connectivity index (χ4n) is 5.07. The molecule has 2 fully saturated rings. The molecular weight excluding hydrogens is 496 g/mol. The lowest BCUT2D eigenvalue weighted by molar-refractivity contribution is -0.136. The molecule has 2 saturated heterocycles. The Labute approximate surface area is 216 Å². The maximum absolute atomic E-state index is 13.0. The molecule has 0 spiro atoms. The highest BCUT2D eigenvalue weighted by Crippen LogP contribution is 2.34. The number of fused-ring (bicyclic) bond motifs is 1. The molecule has 3 heterocycles. The number of nitrogens with one attached hydrogen (secondary N) is 1. The van der Waals surface area contributed by atoms with Gasteiger partial charge >= 0.3 is 0 Å². The standard InChI is InChI=1S/C26H30N4O6S/c1-37(34,35)29-13-11-28(12-14-29)15-18-5-7-19(8-6-18)17-36-23-4-2-3-20-21(23)16-30(26(20)33)22-9-10-24(31)27-25(22)32/h2-8,22H,9-17H2,1H3,(H,27,31,32). The number of sulfonamides is 1. The van der Waals surface area contributed by atoms with Gasteiger partial charge in [0.1, 0.15) is 18.4 Å². The second-order valence-corrected chi connectivity index (χ2v) is 11.7. The third-order valence-corrected chi connectivity index (χ3v) is 8.47. The predicted octanol–water partition coefficient (Wildman–Crippen LogP) is 1.10. The van der Waals surface area contributed by atoms with Gasteiger partial charge in [-0.15, -0.1) is 0 Å². The first-order chi connectivity index (χ1) is 17.7. The van der Waals surface area contributed by atoms with Crippen LogP contribution in [0.4, 0.5) is 0 Å². The number of piperidine rings is 1. The van der Waals surface area contributed by atoms with Crippen LogP contribution < -0.4 is 10.1 Å². The number of carbonyl (C=O) groups excluding carboxylic acids is 3.